The third kappa shape index (κ3) is 6.96. The van der Waals surface area contributed by atoms with Crippen LogP contribution in [-0.4, -0.2) is 59.5 Å². The monoisotopic (exact) mass is 496 g/mol. The van der Waals surface area contributed by atoms with Gasteiger partial charge in [0.05, 0.1) is 5.69 Å². The second-order valence-corrected chi connectivity index (χ2v) is 11.2. The smallest absolute Gasteiger partial charge is 0.259 e. The van der Waals surface area contributed by atoms with E-state index in [1.165, 1.54) is 0 Å². The van der Waals surface area contributed by atoms with Gasteiger partial charge in [0.25, 0.3) is 5.91 Å². The van der Waals surface area contributed by atoms with Crippen LogP contribution in [0.15, 0.2) is 28.8 Å². The van der Waals surface area contributed by atoms with Gasteiger partial charge in [-0.25, -0.2) is 0 Å². The average molecular weight is 497 g/mol. The number of nitrogens with zero attached hydrogens (tertiary/aromatic N) is 4. The van der Waals surface area contributed by atoms with E-state index in [-0.39, 0.29) is 23.7 Å². The Labute approximate surface area is 216 Å². The zero-order valence-electron chi connectivity index (χ0n) is 23.2. The lowest BCUT2D eigenvalue weighted by Crippen LogP contribution is -2.40. The fourth-order valence-electron chi connectivity index (χ4n) is 4.93. The Bertz CT molecular complexity index is 1030. The van der Waals surface area contributed by atoms with Crippen LogP contribution in [0.25, 0.3) is 0 Å². The van der Waals surface area contributed by atoms with Crippen LogP contribution < -0.4 is 4.90 Å². The molecule has 0 radical (unpaired) electrons. The molecule has 0 aliphatic carbocycles. The first-order valence-electron chi connectivity index (χ1n) is 13.4. The molecule has 0 saturated heterocycles. The van der Waals surface area contributed by atoms with Gasteiger partial charge in [-0.05, 0) is 49.3 Å². The predicted molar refractivity (Wildman–Crippen MR) is 144 cm³/mol. The highest BCUT2D eigenvalue weighted by atomic mass is 16.5. The first-order chi connectivity index (χ1) is 17.1. The van der Waals surface area contributed by atoms with Crippen molar-refractivity contribution in [2.75, 3.05) is 37.6 Å². The van der Waals surface area contributed by atoms with Gasteiger partial charge in [0.1, 0.15) is 11.3 Å². The number of carbonyl (C=O) groups excluding carboxylic acids is 2. The van der Waals surface area contributed by atoms with Gasteiger partial charge >= 0.3 is 0 Å². The molecule has 2 aromatic rings. The van der Waals surface area contributed by atoms with E-state index in [4.69, 9.17) is 4.52 Å². The second-order valence-electron chi connectivity index (χ2n) is 11.2. The Morgan fingerprint density at radius 3 is 2.36 bits per heavy atom. The lowest BCUT2D eigenvalue weighted by Gasteiger charge is -2.29. The molecule has 36 heavy (non-hydrogen) atoms. The summed E-state index contributed by atoms with van der Waals surface area (Å²) in [4.78, 5) is 33.6. The van der Waals surface area contributed by atoms with Gasteiger partial charge < -0.3 is 19.2 Å². The number of carbonyl (C=O) groups is 2. The Hall–Kier alpha value is -2.67. The molecule has 7 heteroatoms. The van der Waals surface area contributed by atoms with Crippen LogP contribution in [0.4, 0.5) is 5.69 Å². The number of anilines is 1. The highest BCUT2D eigenvalue weighted by molar-refractivity contribution is 5.97. The summed E-state index contributed by atoms with van der Waals surface area (Å²) in [5, 5.41) is 4.20. The van der Waals surface area contributed by atoms with Crippen LogP contribution in [0.5, 0.6) is 0 Å². The van der Waals surface area contributed by atoms with Crippen molar-refractivity contribution < 1.29 is 14.1 Å². The lowest BCUT2D eigenvalue weighted by atomic mass is 10.0. The van der Waals surface area contributed by atoms with Crippen molar-refractivity contribution in [3.63, 3.8) is 0 Å². The maximum atomic E-state index is 14.0. The summed E-state index contributed by atoms with van der Waals surface area (Å²) in [6.07, 6.45) is 1.39. The Morgan fingerprint density at radius 2 is 1.69 bits per heavy atom. The SMILES string of the molecule is Cc1onc(C(C)C)c1C(=O)N1CCN(CC(C)C)CCCN(C(=O)CC(C)C)c2ccccc2C1. The molecule has 2 amide bonds. The molecule has 1 aliphatic rings. The highest BCUT2D eigenvalue weighted by Crippen LogP contribution is 2.28. The summed E-state index contributed by atoms with van der Waals surface area (Å²) in [5.41, 5.74) is 3.17. The minimum Gasteiger partial charge on any atom is -0.361 e. The fraction of sp³-hybridized carbons (Fsp3) is 0.621. The Morgan fingerprint density at radius 1 is 0.972 bits per heavy atom. The lowest BCUT2D eigenvalue weighted by molar-refractivity contribution is -0.119. The number of aromatic nitrogens is 1. The van der Waals surface area contributed by atoms with E-state index < -0.39 is 0 Å². The summed E-state index contributed by atoms with van der Waals surface area (Å²) in [5.74, 6) is 1.52. The molecular formula is C29H44N4O3. The van der Waals surface area contributed by atoms with Crippen LogP contribution >= 0.6 is 0 Å². The molecule has 0 saturated carbocycles. The van der Waals surface area contributed by atoms with Gasteiger partial charge in [0.2, 0.25) is 5.91 Å². The van der Waals surface area contributed by atoms with Gasteiger partial charge in [-0.15, -0.1) is 0 Å². The molecule has 1 aliphatic heterocycles. The van der Waals surface area contributed by atoms with E-state index in [0.29, 0.717) is 49.0 Å². The quantitative estimate of drug-likeness (QED) is 0.529. The van der Waals surface area contributed by atoms with Crippen LogP contribution in [0.1, 0.15) is 87.7 Å². The normalized spacial score (nSPS) is 15.9. The molecule has 1 aromatic heterocycles. The number of hydrogen-bond acceptors (Lipinski definition) is 5. The van der Waals surface area contributed by atoms with Crippen LogP contribution in [-0.2, 0) is 11.3 Å². The third-order valence-corrected chi connectivity index (χ3v) is 6.63. The van der Waals surface area contributed by atoms with Crippen molar-refractivity contribution in [2.24, 2.45) is 11.8 Å². The first kappa shape index (κ1) is 27.9. The van der Waals surface area contributed by atoms with E-state index in [1.807, 2.05) is 54.8 Å². The van der Waals surface area contributed by atoms with Crippen molar-refractivity contribution in [1.29, 1.82) is 0 Å². The maximum absolute atomic E-state index is 14.0. The van der Waals surface area contributed by atoms with E-state index >= 15 is 0 Å². The maximum Gasteiger partial charge on any atom is 0.259 e. The number of para-hydroxylation sites is 1. The molecule has 3 rings (SSSR count). The number of hydrogen-bond donors (Lipinski definition) is 0. The van der Waals surface area contributed by atoms with Crippen molar-refractivity contribution >= 4 is 17.5 Å². The zero-order chi connectivity index (χ0) is 26.4. The third-order valence-electron chi connectivity index (χ3n) is 6.63. The van der Waals surface area contributed by atoms with Gasteiger partial charge in [-0.3, -0.25) is 9.59 Å². The largest absolute Gasteiger partial charge is 0.361 e. The van der Waals surface area contributed by atoms with Crippen molar-refractivity contribution in [3.05, 3.63) is 46.8 Å². The Kier molecular flexibility index (Phi) is 9.71. The van der Waals surface area contributed by atoms with Crippen LogP contribution in [0, 0.1) is 18.8 Å². The topological polar surface area (TPSA) is 69.9 Å². The highest BCUT2D eigenvalue weighted by Gasteiger charge is 2.29. The summed E-state index contributed by atoms with van der Waals surface area (Å²) in [6, 6.07) is 8.02. The van der Waals surface area contributed by atoms with Crippen LogP contribution in [0.2, 0.25) is 0 Å². The molecule has 0 atom stereocenters. The Balaban J connectivity index is 2.03. The van der Waals surface area contributed by atoms with Crippen LogP contribution in [0.3, 0.4) is 0 Å². The minimum atomic E-state index is -0.0592. The molecule has 198 valence electrons. The van der Waals surface area contributed by atoms with Crippen molar-refractivity contribution in [2.45, 2.75) is 73.8 Å². The van der Waals surface area contributed by atoms with Crippen molar-refractivity contribution in [1.82, 2.24) is 15.0 Å². The molecule has 0 fully saturated rings. The molecule has 7 nitrogen and oxygen atoms in total. The summed E-state index contributed by atoms with van der Waals surface area (Å²) in [7, 11) is 0. The van der Waals surface area contributed by atoms with E-state index in [1.54, 1.807) is 0 Å². The van der Waals surface area contributed by atoms with E-state index in [9.17, 15) is 9.59 Å². The molecule has 0 bridgehead atoms. The van der Waals surface area contributed by atoms with E-state index in [0.717, 1.165) is 37.3 Å². The van der Waals surface area contributed by atoms with Gasteiger partial charge in [-0.2, -0.15) is 0 Å². The zero-order valence-corrected chi connectivity index (χ0v) is 23.2. The fourth-order valence-corrected chi connectivity index (χ4v) is 4.93. The van der Waals surface area contributed by atoms with Crippen molar-refractivity contribution in [3.8, 4) is 0 Å². The van der Waals surface area contributed by atoms with Gasteiger partial charge in [0.15, 0.2) is 0 Å². The summed E-state index contributed by atoms with van der Waals surface area (Å²) < 4.78 is 5.46. The number of aryl methyl sites for hydroxylation is 1. The van der Waals surface area contributed by atoms with E-state index in [2.05, 4.69) is 37.8 Å². The molecule has 2 heterocycles. The molecule has 0 N–H and O–H groups in total. The van der Waals surface area contributed by atoms with Gasteiger partial charge in [-0.1, -0.05) is 64.9 Å². The number of benzene rings is 1. The number of rotatable bonds is 6. The average Bonchev–Trinajstić information content (AvgIpc) is 3.18. The molecular weight excluding hydrogens is 452 g/mol. The standard InChI is InChI=1S/C29H44N4O3/c1-20(2)17-26(34)33-14-10-13-31(18-21(3)4)15-16-32(19-24-11-8-9-12-25(24)33)29(35)27-23(7)36-30-28(27)22(5)6/h8-9,11-12,20-22H,10,13-19H2,1-7H3. The summed E-state index contributed by atoms with van der Waals surface area (Å²) >= 11 is 0. The predicted octanol–water partition coefficient (Wildman–Crippen LogP) is 5.49. The molecule has 0 unspecified atom stereocenters. The second kappa shape index (κ2) is 12.5. The summed E-state index contributed by atoms with van der Waals surface area (Å²) in [6.45, 7) is 18.8. The minimum absolute atomic E-state index is 0.0592. The number of amides is 2. The molecule has 0 spiro atoms. The number of fused-ring (bicyclic) bond motifs is 1. The first-order valence-corrected chi connectivity index (χ1v) is 13.4. The van der Waals surface area contributed by atoms with Gasteiger partial charge in [0, 0.05) is 44.8 Å². The molecule has 1 aromatic carbocycles.